The van der Waals surface area contributed by atoms with Gasteiger partial charge in [-0.05, 0) is 40.2 Å². The number of carbonyl (C=O) groups excluding carboxylic acids is 2. The Hall–Kier alpha value is -1.57. The number of nitrogens with zero attached hydrogens (tertiary/aromatic N) is 1. The lowest BCUT2D eigenvalue weighted by atomic mass is 10.3. The van der Waals surface area contributed by atoms with Crippen LogP contribution in [-0.4, -0.2) is 29.1 Å². The Morgan fingerprint density at radius 1 is 1.17 bits per heavy atom. The first-order chi connectivity index (χ1) is 11.1. The second kappa shape index (κ2) is 8.90. The van der Waals surface area contributed by atoms with E-state index in [-0.39, 0.29) is 24.1 Å². The molecule has 1 aromatic carbocycles. The van der Waals surface area contributed by atoms with E-state index in [0.29, 0.717) is 15.7 Å². The van der Waals surface area contributed by atoms with Crippen LogP contribution in [0.15, 0.2) is 52.1 Å². The number of nitrogens with one attached hydrogen (secondary N) is 2. The van der Waals surface area contributed by atoms with Crippen LogP contribution >= 0.6 is 39.3 Å². The summed E-state index contributed by atoms with van der Waals surface area (Å²) in [5.74, 6) is -0.427. The van der Waals surface area contributed by atoms with E-state index in [4.69, 9.17) is 11.6 Å². The Bertz CT molecular complexity index is 715. The molecule has 0 saturated heterocycles. The molecule has 120 valence electrons. The van der Waals surface area contributed by atoms with Crippen molar-refractivity contribution in [3.8, 4) is 0 Å². The fourth-order valence-electron chi connectivity index (χ4n) is 1.60. The summed E-state index contributed by atoms with van der Waals surface area (Å²) in [5.41, 5.74) is 0.654. The van der Waals surface area contributed by atoms with Crippen LogP contribution in [0.25, 0.3) is 0 Å². The van der Waals surface area contributed by atoms with Gasteiger partial charge in [-0.15, -0.1) is 0 Å². The average Bonchev–Trinajstić information content (AvgIpc) is 2.54. The molecule has 1 aromatic heterocycles. The molecule has 1 heterocycles. The van der Waals surface area contributed by atoms with Crippen molar-refractivity contribution in [1.82, 2.24) is 10.3 Å². The maximum absolute atomic E-state index is 11.8. The number of thioether (sulfide) groups is 1. The Balaban J connectivity index is 1.75. The van der Waals surface area contributed by atoms with Gasteiger partial charge < -0.3 is 10.6 Å². The Morgan fingerprint density at radius 2 is 1.96 bits per heavy atom. The molecule has 0 unspecified atom stereocenters. The number of hydrogen-bond acceptors (Lipinski definition) is 4. The lowest BCUT2D eigenvalue weighted by molar-refractivity contribution is -0.122. The van der Waals surface area contributed by atoms with Crippen molar-refractivity contribution in [1.29, 1.82) is 0 Å². The quantitative estimate of drug-likeness (QED) is 0.711. The molecule has 2 N–H and O–H groups in total. The van der Waals surface area contributed by atoms with Crippen LogP contribution in [0, 0.1) is 0 Å². The Morgan fingerprint density at radius 3 is 2.70 bits per heavy atom. The van der Waals surface area contributed by atoms with Crippen LogP contribution in [0.5, 0.6) is 0 Å². The third kappa shape index (κ3) is 5.85. The van der Waals surface area contributed by atoms with Gasteiger partial charge in [0.05, 0.1) is 23.0 Å². The fraction of sp³-hybridized carbons (Fsp3) is 0.133. The van der Waals surface area contributed by atoms with Gasteiger partial charge in [-0.2, -0.15) is 0 Å². The first kappa shape index (κ1) is 17.8. The average molecular weight is 415 g/mol. The number of amides is 2. The molecule has 5 nitrogen and oxygen atoms in total. The number of hydrogen-bond donors (Lipinski definition) is 2. The molecule has 0 spiro atoms. The Labute approximate surface area is 151 Å². The van der Waals surface area contributed by atoms with Gasteiger partial charge in [0.1, 0.15) is 5.03 Å². The van der Waals surface area contributed by atoms with Crippen molar-refractivity contribution in [2.24, 2.45) is 0 Å². The van der Waals surface area contributed by atoms with Gasteiger partial charge in [-0.25, -0.2) is 4.98 Å². The van der Waals surface area contributed by atoms with E-state index in [2.05, 4.69) is 31.5 Å². The lowest BCUT2D eigenvalue weighted by Gasteiger charge is -2.08. The molecule has 2 aromatic rings. The highest BCUT2D eigenvalue weighted by molar-refractivity contribution is 9.10. The van der Waals surface area contributed by atoms with Crippen LogP contribution in [0.1, 0.15) is 0 Å². The number of para-hydroxylation sites is 1. The van der Waals surface area contributed by atoms with Crippen LogP contribution in [0.2, 0.25) is 5.02 Å². The zero-order chi connectivity index (χ0) is 16.7. The molecule has 8 heteroatoms. The topological polar surface area (TPSA) is 71.1 Å². The summed E-state index contributed by atoms with van der Waals surface area (Å²) in [5, 5.41) is 6.34. The largest absolute Gasteiger partial charge is 0.346 e. The number of aromatic nitrogens is 1. The number of anilines is 1. The predicted molar refractivity (Wildman–Crippen MR) is 95.8 cm³/mol. The van der Waals surface area contributed by atoms with Gasteiger partial charge in [-0.3, -0.25) is 9.59 Å². The molecule has 0 aliphatic rings. The highest BCUT2D eigenvalue weighted by Gasteiger charge is 2.09. The van der Waals surface area contributed by atoms with E-state index in [1.807, 2.05) is 18.2 Å². The molecule has 0 bridgehead atoms. The third-order valence-corrected chi connectivity index (χ3v) is 4.77. The standard InChI is InChI=1S/C15H13BrClN3O2S/c16-10-4-1-2-6-12(10)20-13(21)8-19-14(22)9-23-15-11(17)5-3-7-18-15/h1-7H,8-9H2,(H,19,22)(H,20,21). The predicted octanol–water partition coefficient (Wildman–Crippen LogP) is 3.34. The number of benzene rings is 1. The van der Waals surface area contributed by atoms with E-state index >= 15 is 0 Å². The third-order valence-electron chi connectivity index (χ3n) is 2.66. The monoisotopic (exact) mass is 413 g/mol. The summed E-state index contributed by atoms with van der Waals surface area (Å²) in [4.78, 5) is 27.6. The Kier molecular flexibility index (Phi) is 6.88. The van der Waals surface area contributed by atoms with E-state index in [9.17, 15) is 9.59 Å². The van der Waals surface area contributed by atoms with Crippen molar-refractivity contribution < 1.29 is 9.59 Å². The van der Waals surface area contributed by atoms with E-state index < -0.39 is 0 Å². The molecular weight excluding hydrogens is 402 g/mol. The summed E-state index contributed by atoms with van der Waals surface area (Å²) >= 11 is 10.5. The van der Waals surface area contributed by atoms with Crippen LogP contribution < -0.4 is 10.6 Å². The van der Waals surface area contributed by atoms with E-state index in [0.717, 1.165) is 4.47 Å². The van der Waals surface area contributed by atoms with Crippen molar-refractivity contribution in [2.75, 3.05) is 17.6 Å². The molecule has 0 radical (unpaired) electrons. The maximum atomic E-state index is 11.8. The van der Waals surface area contributed by atoms with Gasteiger partial charge in [0, 0.05) is 10.7 Å². The van der Waals surface area contributed by atoms with Crippen molar-refractivity contribution >= 4 is 56.8 Å². The first-order valence-corrected chi connectivity index (χ1v) is 8.76. The molecule has 0 atom stereocenters. The highest BCUT2D eigenvalue weighted by Crippen LogP contribution is 2.23. The van der Waals surface area contributed by atoms with Gasteiger partial charge in [-0.1, -0.05) is 35.5 Å². The summed E-state index contributed by atoms with van der Waals surface area (Å²) in [7, 11) is 0. The smallest absolute Gasteiger partial charge is 0.243 e. The minimum Gasteiger partial charge on any atom is -0.346 e. The number of carbonyl (C=O) groups is 2. The SMILES string of the molecule is O=C(CSc1ncccc1Cl)NCC(=O)Nc1ccccc1Br. The minimum absolute atomic E-state index is 0.101. The van der Waals surface area contributed by atoms with Gasteiger partial charge in [0.25, 0.3) is 0 Å². The molecule has 0 aliphatic heterocycles. The molecule has 2 amide bonds. The van der Waals surface area contributed by atoms with Gasteiger partial charge in [0.2, 0.25) is 11.8 Å². The van der Waals surface area contributed by atoms with Crippen LogP contribution in [-0.2, 0) is 9.59 Å². The van der Waals surface area contributed by atoms with Crippen LogP contribution in [0.4, 0.5) is 5.69 Å². The lowest BCUT2D eigenvalue weighted by Crippen LogP contribution is -2.33. The number of halogens is 2. The second-order valence-electron chi connectivity index (χ2n) is 4.38. The maximum Gasteiger partial charge on any atom is 0.243 e. The van der Waals surface area contributed by atoms with Gasteiger partial charge >= 0.3 is 0 Å². The number of rotatable bonds is 6. The molecule has 0 aliphatic carbocycles. The van der Waals surface area contributed by atoms with Crippen LogP contribution in [0.3, 0.4) is 0 Å². The number of pyridine rings is 1. The molecule has 23 heavy (non-hydrogen) atoms. The molecule has 0 fully saturated rings. The molecule has 0 saturated carbocycles. The van der Waals surface area contributed by atoms with E-state index in [1.54, 1.807) is 24.4 Å². The fourth-order valence-corrected chi connectivity index (χ4v) is 2.98. The summed E-state index contributed by atoms with van der Waals surface area (Å²) in [6.45, 7) is -0.101. The van der Waals surface area contributed by atoms with Crippen molar-refractivity contribution in [2.45, 2.75) is 5.03 Å². The van der Waals surface area contributed by atoms with Crippen molar-refractivity contribution in [3.63, 3.8) is 0 Å². The summed E-state index contributed by atoms with van der Waals surface area (Å²) < 4.78 is 0.778. The summed E-state index contributed by atoms with van der Waals surface area (Å²) in [6.07, 6.45) is 1.61. The minimum atomic E-state index is -0.300. The molecular formula is C15H13BrClN3O2S. The zero-order valence-corrected chi connectivity index (χ0v) is 15.0. The normalized spacial score (nSPS) is 10.2. The zero-order valence-electron chi connectivity index (χ0n) is 11.9. The van der Waals surface area contributed by atoms with Crippen molar-refractivity contribution in [3.05, 3.63) is 52.1 Å². The second-order valence-corrected chi connectivity index (χ2v) is 6.61. The molecule has 2 rings (SSSR count). The van der Waals surface area contributed by atoms with E-state index in [1.165, 1.54) is 11.8 Å². The van der Waals surface area contributed by atoms with Gasteiger partial charge in [0.15, 0.2) is 0 Å². The summed E-state index contributed by atoms with van der Waals surface area (Å²) in [6, 6.07) is 10.7. The first-order valence-electron chi connectivity index (χ1n) is 6.60. The highest BCUT2D eigenvalue weighted by atomic mass is 79.9.